The van der Waals surface area contributed by atoms with E-state index in [1.54, 1.807) is 12.1 Å². The molecule has 2 aromatic rings. The van der Waals surface area contributed by atoms with Crippen molar-refractivity contribution in [1.82, 2.24) is 9.80 Å². The van der Waals surface area contributed by atoms with Gasteiger partial charge in [-0.3, -0.25) is 14.6 Å². The Morgan fingerprint density at radius 2 is 1.87 bits per heavy atom. The molecular formula is C22H30N4O4S. The number of ether oxygens (including phenoxy) is 1. The van der Waals surface area contributed by atoms with Crippen LogP contribution in [0.5, 0.6) is 0 Å². The summed E-state index contributed by atoms with van der Waals surface area (Å²) in [5.74, 6) is -0.212. The van der Waals surface area contributed by atoms with Crippen LogP contribution < -0.4 is 10.5 Å². The first-order chi connectivity index (χ1) is 14.8. The van der Waals surface area contributed by atoms with Gasteiger partial charge in [-0.25, -0.2) is 13.6 Å². The normalized spacial score (nSPS) is 16.2. The number of hydrogen-bond donors (Lipinski definition) is 2. The largest absolute Gasteiger partial charge is 0.379 e. The number of sulfonamides is 1. The molecule has 9 heteroatoms. The summed E-state index contributed by atoms with van der Waals surface area (Å²) in [6, 6.07) is 16.1. The standard InChI is InChI=1S/C22H30N4O4S/c1-18(15-25-10-12-30-13-11-25)26(16-19-6-3-2-4-7-19)17-22(27)24-20-8-5-9-21(14-20)31(23,28)29/h2-9,14,18H,10-13,15-17H2,1H3,(H,24,27)(H2,23,28,29). The lowest BCUT2D eigenvalue weighted by Gasteiger charge is -2.34. The predicted molar refractivity (Wildman–Crippen MR) is 120 cm³/mol. The zero-order chi connectivity index (χ0) is 22.3. The van der Waals surface area contributed by atoms with Crippen LogP contribution in [0.15, 0.2) is 59.5 Å². The van der Waals surface area contributed by atoms with Crippen LogP contribution in [0.2, 0.25) is 0 Å². The van der Waals surface area contributed by atoms with Crippen molar-refractivity contribution in [2.45, 2.75) is 24.4 Å². The first-order valence-electron chi connectivity index (χ1n) is 10.3. The molecule has 0 aliphatic carbocycles. The summed E-state index contributed by atoms with van der Waals surface area (Å²) in [4.78, 5) is 17.2. The summed E-state index contributed by atoms with van der Waals surface area (Å²) in [5.41, 5.74) is 1.53. The number of amides is 1. The van der Waals surface area contributed by atoms with Gasteiger partial charge in [-0.15, -0.1) is 0 Å². The highest BCUT2D eigenvalue weighted by molar-refractivity contribution is 7.89. The number of carbonyl (C=O) groups excluding carboxylic acids is 1. The molecule has 0 spiro atoms. The second-order valence-corrected chi connectivity index (χ2v) is 9.34. The monoisotopic (exact) mass is 446 g/mol. The molecule has 1 saturated heterocycles. The molecule has 1 aliphatic heterocycles. The van der Waals surface area contributed by atoms with Crippen LogP contribution in [0.25, 0.3) is 0 Å². The van der Waals surface area contributed by atoms with Crippen molar-refractivity contribution >= 4 is 21.6 Å². The summed E-state index contributed by atoms with van der Waals surface area (Å²) in [6.45, 7) is 7.00. The van der Waals surface area contributed by atoms with Gasteiger partial charge in [-0.05, 0) is 30.7 Å². The van der Waals surface area contributed by atoms with E-state index in [1.807, 2.05) is 30.3 Å². The quantitative estimate of drug-likeness (QED) is 0.605. The number of carbonyl (C=O) groups is 1. The molecule has 1 aliphatic rings. The first kappa shape index (κ1) is 23.4. The lowest BCUT2D eigenvalue weighted by molar-refractivity contribution is -0.118. The minimum absolute atomic E-state index is 0.0351. The molecule has 1 amide bonds. The molecule has 168 valence electrons. The fourth-order valence-electron chi connectivity index (χ4n) is 3.59. The van der Waals surface area contributed by atoms with Gasteiger partial charge in [0.25, 0.3) is 0 Å². The highest BCUT2D eigenvalue weighted by atomic mass is 32.2. The molecule has 0 bridgehead atoms. The van der Waals surface area contributed by atoms with Crippen LogP contribution in [0.1, 0.15) is 12.5 Å². The highest BCUT2D eigenvalue weighted by Gasteiger charge is 2.22. The van der Waals surface area contributed by atoms with Crippen molar-refractivity contribution < 1.29 is 17.9 Å². The minimum Gasteiger partial charge on any atom is -0.379 e. The van der Waals surface area contributed by atoms with Crippen molar-refractivity contribution in [2.75, 3.05) is 44.7 Å². The smallest absolute Gasteiger partial charge is 0.238 e. The van der Waals surface area contributed by atoms with Gasteiger partial charge in [0.1, 0.15) is 0 Å². The van der Waals surface area contributed by atoms with Gasteiger partial charge in [0, 0.05) is 37.9 Å². The van der Waals surface area contributed by atoms with E-state index in [0.717, 1.165) is 38.4 Å². The molecule has 0 aromatic heterocycles. The Hall–Kier alpha value is -2.30. The number of hydrogen-bond acceptors (Lipinski definition) is 6. The number of rotatable bonds is 9. The number of nitrogens with two attached hydrogens (primary N) is 1. The maximum atomic E-state index is 12.8. The van der Waals surface area contributed by atoms with Crippen LogP contribution >= 0.6 is 0 Å². The fraction of sp³-hybridized carbons (Fsp3) is 0.409. The van der Waals surface area contributed by atoms with E-state index < -0.39 is 10.0 Å². The Labute approximate surface area is 184 Å². The summed E-state index contributed by atoms with van der Waals surface area (Å²) >= 11 is 0. The molecular weight excluding hydrogens is 416 g/mol. The SMILES string of the molecule is CC(CN1CCOCC1)N(CC(=O)Nc1cccc(S(N)(=O)=O)c1)Cc1ccccc1. The molecule has 1 fully saturated rings. The zero-order valence-electron chi connectivity index (χ0n) is 17.7. The summed E-state index contributed by atoms with van der Waals surface area (Å²) in [7, 11) is -3.83. The molecule has 0 radical (unpaired) electrons. The number of morpholine rings is 1. The van der Waals surface area contributed by atoms with Crippen LogP contribution in [0.4, 0.5) is 5.69 Å². The molecule has 3 rings (SSSR count). The Morgan fingerprint density at radius 3 is 2.55 bits per heavy atom. The second kappa shape index (κ2) is 10.8. The molecule has 2 aromatic carbocycles. The van der Waals surface area contributed by atoms with Crippen LogP contribution in [-0.4, -0.2) is 69.6 Å². The predicted octanol–water partition coefficient (Wildman–Crippen LogP) is 1.50. The van der Waals surface area contributed by atoms with E-state index in [1.165, 1.54) is 12.1 Å². The van der Waals surface area contributed by atoms with Gasteiger partial charge in [0.15, 0.2) is 0 Å². The number of primary sulfonamides is 1. The molecule has 1 unspecified atom stereocenters. The number of nitrogens with zero attached hydrogens (tertiary/aromatic N) is 2. The molecule has 3 N–H and O–H groups in total. The van der Waals surface area contributed by atoms with Gasteiger partial charge >= 0.3 is 0 Å². The number of nitrogens with one attached hydrogen (secondary N) is 1. The van der Waals surface area contributed by atoms with E-state index in [9.17, 15) is 13.2 Å². The van der Waals surface area contributed by atoms with Crippen molar-refractivity contribution in [3.63, 3.8) is 0 Å². The summed E-state index contributed by atoms with van der Waals surface area (Å²) in [5, 5.41) is 7.98. The third-order valence-electron chi connectivity index (χ3n) is 5.27. The Kier molecular flexibility index (Phi) is 8.16. The van der Waals surface area contributed by atoms with Crippen molar-refractivity contribution in [3.8, 4) is 0 Å². The van der Waals surface area contributed by atoms with E-state index in [0.29, 0.717) is 12.2 Å². The lowest BCUT2D eigenvalue weighted by Crippen LogP contribution is -2.47. The maximum absolute atomic E-state index is 12.8. The average molecular weight is 447 g/mol. The fourth-order valence-corrected chi connectivity index (χ4v) is 4.15. The molecule has 8 nitrogen and oxygen atoms in total. The molecule has 1 atom stereocenters. The van der Waals surface area contributed by atoms with Gasteiger partial charge in [-0.1, -0.05) is 36.4 Å². The lowest BCUT2D eigenvalue weighted by atomic mass is 10.1. The van der Waals surface area contributed by atoms with Crippen molar-refractivity contribution in [2.24, 2.45) is 5.14 Å². The Morgan fingerprint density at radius 1 is 1.16 bits per heavy atom. The Bertz CT molecular complexity index is 962. The summed E-state index contributed by atoms with van der Waals surface area (Å²) < 4.78 is 28.6. The van der Waals surface area contributed by atoms with Crippen molar-refractivity contribution in [1.29, 1.82) is 0 Å². The third kappa shape index (κ3) is 7.41. The van der Waals surface area contributed by atoms with E-state index in [2.05, 4.69) is 22.0 Å². The van der Waals surface area contributed by atoms with Gasteiger partial charge < -0.3 is 10.1 Å². The maximum Gasteiger partial charge on any atom is 0.238 e. The van der Waals surface area contributed by atoms with E-state index in [4.69, 9.17) is 9.88 Å². The van der Waals surface area contributed by atoms with Crippen LogP contribution in [0, 0.1) is 0 Å². The van der Waals surface area contributed by atoms with Gasteiger partial charge in [0.2, 0.25) is 15.9 Å². The Balaban J connectivity index is 1.68. The van der Waals surface area contributed by atoms with Gasteiger partial charge in [0.05, 0.1) is 24.7 Å². The average Bonchev–Trinajstić information content (AvgIpc) is 2.74. The number of benzene rings is 2. The van der Waals surface area contributed by atoms with E-state index in [-0.39, 0.29) is 23.4 Å². The molecule has 1 heterocycles. The van der Waals surface area contributed by atoms with Crippen LogP contribution in [0.3, 0.4) is 0 Å². The first-order valence-corrected chi connectivity index (χ1v) is 11.9. The zero-order valence-corrected chi connectivity index (χ0v) is 18.6. The van der Waals surface area contributed by atoms with Crippen LogP contribution in [-0.2, 0) is 26.1 Å². The topological polar surface area (TPSA) is 105 Å². The summed E-state index contributed by atoms with van der Waals surface area (Å²) in [6.07, 6.45) is 0. The third-order valence-corrected chi connectivity index (χ3v) is 6.18. The molecule has 0 saturated carbocycles. The minimum atomic E-state index is -3.83. The number of anilines is 1. The van der Waals surface area contributed by atoms with E-state index >= 15 is 0 Å². The second-order valence-electron chi connectivity index (χ2n) is 7.77. The van der Waals surface area contributed by atoms with Crippen molar-refractivity contribution in [3.05, 3.63) is 60.2 Å². The molecule has 31 heavy (non-hydrogen) atoms. The van der Waals surface area contributed by atoms with Gasteiger partial charge in [-0.2, -0.15) is 0 Å². The highest BCUT2D eigenvalue weighted by Crippen LogP contribution is 2.15.